The van der Waals surface area contributed by atoms with E-state index in [-0.39, 0.29) is 12.5 Å². The number of rotatable bonds is 4. The maximum Gasteiger partial charge on any atom is 0.342 e. The van der Waals surface area contributed by atoms with E-state index in [1.165, 1.54) is 0 Å². The second-order valence-corrected chi connectivity index (χ2v) is 7.89. The Balaban J connectivity index is 1.51. The van der Waals surface area contributed by atoms with Crippen molar-refractivity contribution in [2.75, 3.05) is 37.7 Å². The Morgan fingerprint density at radius 1 is 1.11 bits per heavy atom. The van der Waals surface area contributed by atoms with E-state index in [0.29, 0.717) is 17.3 Å². The van der Waals surface area contributed by atoms with Gasteiger partial charge in [0.25, 0.3) is 5.91 Å². The molecule has 0 N–H and O–H groups in total. The molecule has 28 heavy (non-hydrogen) atoms. The van der Waals surface area contributed by atoms with Crippen molar-refractivity contribution in [1.82, 2.24) is 9.88 Å². The van der Waals surface area contributed by atoms with Crippen LogP contribution in [0, 0.1) is 5.92 Å². The number of hydrogen-bond acceptors (Lipinski definition) is 5. The minimum Gasteiger partial charge on any atom is -0.452 e. The minimum atomic E-state index is -0.473. The predicted molar refractivity (Wildman–Crippen MR) is 108 cm³/mol. The maximum atomic E-state index is 12.8. The molecule has 6 nitrogen and oxygen atoms in total. The van der Waals surface area contributed by atoms with E-state index in [1.54, 1.807) is 4.90 Å². The van der Waals surface area contributed by atoms with E-state index in [2.05, 4.69) is 11.8 Å². The number of fused-ring (bicyclic) bond motifs is 1. The van der Waals surface area contributed by atoms with Gasteiger partial charge in [-0.15, -0.1) is 0 Å². The number of aromatic nitrogens is 1. The number of piperidine rings is 1. The number of carbonyl (C=O) groups is 2. The number of para-hydroxylation sites is 1. The average Bonchev–Trinajstić information content (AvgIpc) is 3.26. The van der Waals surface area contributed by atoms with E-state index in [4.69, 9.17) is 9.72 Å². The van der Waals surface area contributed by atoms with E-state index in [0.717, 1.165) is 62.8 Å². The molecule has 2 fully saturated rings. The lowest BCUT2D eigenvalue weighted by Crippen LogP contribution is -2.40. The first kappa shape index (κ1) is 18.7. The highest BCUT2D eigenvalue weighted by Crippen LogP contribution is 2.27. The monoisotopic (exact) mass is 381 g/mol. The normalized spacial score (nSPS) is 17.9. The summed E-state index contributed by atoms with van der Waals surface area (Å²) in [7, 11) is 0. The van der Waals surface area contributed by atoms with Gasteiger partial charge in [0.2, 0.25) is 0 Å². The molecule has 0 atom stereocenters. The Morgan fingerprint density at radius 2 is 1.82 bits per heavy atom. The van der Waals surface area contributed by atoms with Crippen molar-refractivity contribution >= 4 is 28.6 Å². The number of esters is 1. The summed E-state index contributed by atoms with van der Waals surface area (Å²) in [6.07, 6.45) is 4.20. The van der Waals surface area contributed by atoms with Gasteiger partial charge in [-0.05, 0) is 43.7 Å². The van der Waals surface area contributed by atoms with Gasteiger partial charge in [0.1, 0.15) is 11.4 Å². The molecule has 0 bridgehead atoms. The van der Waals surface area contributed by atoms with Gasteiger partial charge in [0.05, 0.1) is 5.52 Å². The van der Waals surface area contributed by atoms with Crippen molar-refractivity contribution in [3.63, 3.8) is 0 Å². The first-order valence-electron chi connectivity index (χ1n) is 10.2. The molecule has 2 aliphatic rings. The Hall–Kier alpha value is -2.63. The summed E-state index contributed by atoms with van der Waals surface area (Å²) in [6.45, 7) is 5.25. The van der Waals surface area contributed by atoms with Crippen LogP contribution in [0.15, 0.2) is 30.3 Å². The number of nitrogens with zero attached hydrogens (tertiary/aromatic N) is 3. The van der Waals surface area contributed by atoms with Crippen LogP contribution < -0.4 is 4.90 Å². The highest BCUT2D eigenvalue weighted by Gasteiger charge is 2.25. The lowest BCUT2D eigenvalue weighted by Gasteiger charge is -2.30. The van der Waals surface area contributed by atoms with Gasteiger partial charge in [-0.1, -0.05) is 25.1 Å². The Bertz CT molecular complexity index is 868. The molecule has 1 aromatic carbocycles. The second-order valence-electron chi connectivity index (χ2n) is 7.89. The first-order valence-corrected chi connectivity index (χ1v) is 10.2. The lowest BCUT2D eigenvalue weighted by atomic mass is 9.99. The zero-order valence-electron chi connectivity index (χ0n) is 16.4. The molecule has 3 heterocycles. The zero-order valence-corrected chi connectivity index (χ0v) is 16.4. The Kier molecular flexibility index (Phi) is 5.46. The van der Waals surface area contributed by atoms with Crippen molar-refractivity contribution in [3.8, 4) is 0 Å². The van der Waals surface area contributed by atoms with Gasteiger partial charge in [0.15, 0.2) is 6.61 Å². The summed E-state index contributed by atoms with van der Waals surface area (Å²) in [5.41, 5.74) is 1.31. The van der Waals surface area contributed by atoms with Gasteiger partial charge >= 0.3 is 5.97 Å². The Labute approximate surface area is 165 Å². The van der Waals surface area contributed by atoms with E-state index in [1.807, 2.05) is 30.3 Å². The number of carbonyl (C=O) groups excluding carboxylic acids is 2. The first-order chi connectivity index (χ1) is 13.6. The smallest absolute Gasteiger partial charge is 0.342 e. The van der Waals surface area contributed by atoms with Crippen LogP contribution in [0.2, 0.25) is 0 Å². The zero-order chi connectivity index (χ0) is 19.5. The van der Waals surface area contributed by atoms with Gasteiger partial charge in [0, 0.05) is 31.6 Å². The highest BCUT2D eigenvalue weighted by atomic mass is 16.5. The third-order valence-electron chi connectivity index (χ3n) is 5.79. The summed E-state index contributed by atoms with van der Waals surface area (Å²) < 4.78 is 5.42. The van der Waals surface area contributed by atoms with Crippen molar-refractivity contribution in [1.29, 1.82) is 0 Å². The van der Waals surface area contributed by atoms with E-state index >= 15 is 0 Å². The summed E-state index contributed by atoms with van der Waals surface area (Å²) in [6, 6.07) is 9.60. The molecule has 4 rings (SSSR count). The molecule has 0 spiro atoms. The third kappa shape index (κ3) is 3.96. The molecule has 0 unspecified atom stereocenters. The molecule has 2 saturated heterocycles. The molecular formula is C22H27N3O3. The summed E-state index contributed by atoms with van der Waals surface area (Å²) in [4.78, 5) is 33.9. The molecule has 6 heteroatoms. The average molecular weight is 381 g/mol. The molecule has 2 aliphatic heterocycles. The number of anilines is 1. The highest BCUT2D eigenvalue weighted by molar-refractivity contribution is 6.00. The van der Waals surface area contributed by atoms with Gasteiger partial charge in [-0.25, -0.2) is 9.78 Å². The number of benzene rings is 1. The summed E-state index contributed by atoms with van der Waals surface area (Å²) >= 11 is 0. The molecule has 0 aliphatic carbocycles. The molecule has 0 radical (unpaired) electrons. The fraction of sp³-hybridized carbons (Fsp3) is 0.500. The molecule has 1 aromatic heterocycles. The van der Waals surface area contributed by atoms with Crippen molar-refractivity contribution in [2.24, 2.45) is 5.92 Å². The van der Waals surface area contributed by atoms with Gasteiger partial charge < -0.3 is 14.5 Å². The van der Waals surface area contributed by atoms with Crippen LogP contribution in [0.25, 0.3) is 10.9 Å². The maximum absolute atomic E-state index is 12.8. The van der Waals surface area contributed by atoms with E-state index in [9.17, 15) is 9.59 Å². The largest absolute Gasteiger partial charge is 0.452 e. The van der Waals surface area contributed by atoms with Crippen LogP contribution in [0.5, 0.6) is 0 Å². The molecule has 0 saturated carbocycles. The SMILES string of the molecule is CC1CCN(C(=O)COC(=O)c2cc3ccccc3nc2N2CCCC2)CC1. The quantitative estimate of drug-likeness (QED) is 0.761. The van der Waals surface area contributed by atoms with Gasteiger partial charge in [-0.2, -0.15) is 0 Å². The predicted octanol–water partition coefficient (Wildman–Crippen LogP) is 3.25. The van der Waals surface area contributed by atoms with Crippen LogP contribution in [-0.4, -0.2) is 54.5 Å². The van der Waals surface area contributed by atoms with Crippen LogP contribution >= 0.6 is 0 Å². The molecule has 148 valence electrons. The number of pyridine rings is 1. The minimum absolute atomic E-state index is 0.114. The fourth-order valence-electron chi connectivity index (χ4n) is 3.98. The second kappa shape index (κ2) is 8.17. The fourth-order valence-corrected chi connectivity index (χ4v) is 3.98. The molecule has 1 amide bonds. The van der Waals surface area contributed by atoms with Crippen LogP contribution in [0.4, 0.5) is 5.82 Å². The summed E-state index contributed by atoms with van der Waals surface area (Å²) in [5, 5.41) is 0.897. The van der Waals surface area contributed by atoms with Crippen LogP contribution in [0.1, 0.15) is 43.0 Å². The standard InChI is InChI=1S/C22H27N3O3/c1-16-8-12-24(13-9-16)20(26)15-28-22(27)18-14-17-6-2-3-7-19(17)23-21(18)25-10-4-5-11-25/h2-3,6-7,14,16H,4-5,8-13,15H2,1H3. The van der Waals surface area contributed by atoms with Gasteiger partial charge in [-0.3, -0.25) is 4.79 Å². The third-order valence-corrected chi connectivity index (χ3v) is 5.79. The number of amides is 1. The van der Waals surface area contributed by atoms with Crippen LogP contribution in [-0.2, 0) is 9.53 Å². The lowest BCUT2D eigenvalue weighted by molar-refractivity contribution is -0.135. The summed E-state index contributed by atoms with van der Waals surface area (Å²) in [5.74, 6) is 0.731. The topological polar surface area (TPSA) is 62.7 Å². The van der Waals surface area contributed by atoms with Crippen molar-refractivity contribution in [3.05, 3.63) is 35.9 Å². The van der Waals surface area contributed by atoms with Crippen LogP contribution in [0.3, 0.4) is 0 Å². The molecule has 2 aromatic rings. The number of ether oxygens (including phenoxy) is 1. The Morgan fingerprint density at radius 3 is 2.57 bits per heavy atom. The number of likely N-dealkylation sites (tertiary alicyclic amines) is 1. The van der Waals surface area contributed by atoms with Crippen molar-refractivity contribution in [2.45, 2.75) is 32.6 Å². The molecular weight excluding hydrogens is 354 g/mol. The number of hydrogen-bond donors (Lipinski definition) is 0. The van der Waals surface area contributed by atoms with E-state index < -0.39 is 5.97 Å². The van der Waals surface area contributed by atoms with Crippen molar-refractivity contribution < 1.29 is 14.3 Å².